The summed E-state index contributed by atoms with van der Waals surface area (Å²) in [6.45, 7) is 1.22. The smallest absolute Gasteiger partial charge is 0.252 e. The first-order valence-electron chi connectivity index (χ1n) is 10.3. The molecule has 0 saturated heterocycles. The van der Waals surface area contributed by atoms with Crippen LogP contribution in [0.4, 0.5) is 0 Å². The van der Waals surface area contributed by atoms with Crippen molar-refractivity contribution >= 4 is 28.5 Å². The summed E-state index contributed by atoms with van der Waals surface area (Å²) >= 11 is 6.11. The van der Waals surface area contributed by atoms with Gasteiger partial charge >= 0.3 is 0 Å². The van der Waals surface area contributed by atoms with Crippen molar-refractivity contribution in [2.45, 2.75) is 19.4 Å². The van der Waals surface area contributed by atoms with Crippen molar-refractivity contribution in [2.75, 3.05) is 13.7 Å². The molecule has 4 rings (SSSR count). The second-order valence-electron chi connectivity index (χ2n) is 7.25. The first-order chi connectivity index (χ1) is 15.2. The number of hydrogen-bond donors (Lipinski definition) is 1. The number of aryl methyl sites for hydroxylation is 1. The SMILES string of the molecule is COc1ccccc1Cn1c(CCCNC(=O)c2ccccc2Cl)nc2ccccc21. The highest BCUT2D eigenvalue weighted by molar-refractivity contribution is 6.33. The Morgan fingerprint density at radius 2 is 1.77 bits per heavy atom. The predicted molar refractivity (Wildman–Crippen MR) is 124 cm³/mol. The van der Waals surface area contributed by atoms with Gasteiger partial charge in [0, 0.05) is 18.5 Å². The fourth-order valence-corrected chi connectivity index (χ4v) is 3.91. The number of nitrogens with one attached hydrogen (secondary N) is 1. The fourth-order valence-electron chi connectivity index (χ4n) is 3.69. The van der Waals surface area contributed by atoms with E-state index in [9.17, 15) is 4.79 Å². The second-order valence-corrected chi connectivity index (χ2v) is 7.66. The molecule has 0 spiro atoms. The van der Waals surface area contributed by atoms with Crippen LogP contribution < -0.4 is 10.1 Å². The van der Waals surface area contributed by atoms with Crippen LogP contribution in [0.5, 0.6) is 5.75 Å². The number of carbonyl (C=O) groups is 1. The molecular formula is C25H24ClN3O2. The van der Waals surface area contributed by atoms with E-state index in [0.29, 0.717) is 23.7 Å². The molecule has 5 nitrogen and oxygen atoms in total. The third-order valence-electron chi connectivity index (χ3n) is 5.24. The molecule has 3 aromatic carbocycles. The number of nitrogens with zero attached hydrogens (tertiary/aromatic N) is 2. The zero-order valence-electron chi connectivity index (χ0n) is 17.3. The number of ether oxygens (including phenoxy) is 1. The summed E-state index contributed by atoms with van der Waals surface area (Å²) in [4.78, 5) is 17.2. The van der Waals surface area contributed by atoms with E-state index in [-0.39, 0.29) is 5.91 Å². The summed E-state index contributed by atoms with van der Waals surface area (Å²) in [6.07, 6.45) is 1.51. The molecule has 0 unspecified atom stereocenters. The molecule has 0 bridgehead atoms. The van der Waals surface area contributed by atoms with E-state index in [4.69, 9.17) is 21.3 Å². The molecule has 31 heavy (non-hydrogen) atoms. The highest BCUT2D eigenvalue weighted by atomic mass is 35.5. The molecule has 0 aliphatic rings. The van der Waals surface area contributed by atoms with Gasteiger partial charge in [0.25, 0.3) is 5.91 Å². The highest BCUT2D eigenvalue weighted by Crippen LogP contribution is 2.23. The van der Waals surface area contributed by atoms with Crippen LogP contribution in [0.1, 0.15) is 28.2 Å². The first-order valence-corrected chi connectivity index (χ1v) is 10.6. The molecule has 6 heteroatoms. The number of amides is 1. The predicted octanol–water partition coefficient (Wildman–Crippen LogP) is 5.11. The van der Waals surface area contributed by atoms with E-state index in [0.717, 1.165) is 41.0 Å². The van der Waals surface area contributed by atoms with Crippen LogP contribution in [0, 0.1) is 0 Å². The molecule has 158 valence electrons. The fraction of sp³-hybridized carbons (Fsp3) is 0.200. The lowest BCUT2D eigenvalue weighted by atomic mass is 10.2. The maximum atomic E-state index is 12.4. The van der Waals surface area contributed by atoms with Crippen LogP contribution in [-0.4, -0.2) is 29.1 Å². The van der Waals surface area contributed by atoms with Crippen LogP contribution in [0.3, 0.4) is 0 Å². The average Bonchev–Trinajstić information content (AvgIpc) is 3.14. The van der Waals surface area contributed by atoms with Crippen molar-refractivity contribution in [2.24, 2.45) is 0 Å². The molecule has 4 aromatic rings. The molecule has 0 fully saturated rings. The third-order valence-corrected chi connectivity index (χ3v) is 5.57. The number of imidazole rings is 1. The van der Waals surface area contributed by atoms with Crippen molar-refractivity contribution in [3.8, 4) is 5.75 Å². The topological polar surface area (TPSA) is 56.1 Å². The second kappa shape index (κ2) is 9.67. The maximum absolute atomic E-state index is 12.4. The maximum Gasteiger partial charge on any atom is 0.252 e. The molecule has 1 amide bonds. The molecule has 1 aromatic heterocycles. The summed E-state index contributed by atoms with van der Waals surface area (Å²) in [5.41, 5.74) is 3.64. The van der Waals surface area contributed by atoms with E-state index in [1.165, 1.54) is 0 Å². The molecule has 0 saturated carbocycles. The van der Waals surface area contributed by atoms with E-state index >= 15 is 0 Å². The number of para-hydroxylation sites is 3. The van der Waals surface area contributed by atoms with Crippen LogP contribution >= 0.6 is 11.6 Å². The lowest BCUT2D eigenvalue weighted by Crippen LogP contribution is -2.25. The Bertz CT molecular complexity index is 1200. The molecule has 0 atom stereocenters. The van der Waals surface area contributed by atoms with Gasteiger partial charge in [-0.2, -0.15) is 0 Å². The Balaban J connectivity index is 1.48. The van der Waals surface area contributed by atoms with E-state index < -0.39 is 0 Å². The van der Waals surface area contributed by atoms with Gasteiger partial charge in [0.1, 0.15) is 11.6 Å². The van der Waals surface area contributed by atoms with Crippen molar-refractivity contribution < 1.29 is 9.53 Å². The van der Waals surface area contributed by atoms with Crippen LogP contribution in [0.15, 0.2) is 72.8 Å². The summed E-state index contributed by atoms with van der Waals surface area (Å²) in [7, 11) is 1.69. The minimum Gasteiger partial charge on any atom is -0.496 e. The Morgan fingerprint density at radius 1 is 1.03 bits per heavy atom. The Morgan fingerprint density at radius 3 is 2.61 bits per heavy atom. The molecular weight excluding hydrogens is 410 g/mol. The van der Waals surface area contributed by atoms with E-state index in [2.05, 4.69) is 22.0 Å². The average molecular weight is 434 g/mol. The Kier molecular flexibility index (Phi) is 6.53. The normalized spacial score (nSPS) is 10.9. The zero-order valence-corrected chi connectivity index (χ0v) is 18.1. The number of aromatic nitrogens is 2. The first kappa shape index (κ1) is 20.9. The highest BCUT2D eigenvalue weighted by Gasteiger charge is 2.13. The van der Waals surface area contributed by atoms with Gasteiger partial charge in [-0.15, -0.1) is 0 Å². The largest absolute Gasteiger partial charge is 0.496 e. The number of methoxy groups -OCH3 is 1. The van der Waals surface area contributed by atoms with Crippen LogP contribution in [0.2, 0.25) is 5.02 Å². The van der Waals surface area contributed by atoms with Gasteiger partial charge in [-0.1, -0.05) is 54.1 Å². The monoisotopic (exact) mass is 433 g/mol. The molecule has 1 heterocycles. The summed E-state index contributed by atoms with van der Waals surface area (Å²) in [6, 6.07) is 23.2. The standard InChI is InChI=1S/C25H24ClN3O2/c1-31-23-14-7-2-9-18(23)17-29-22-13-6-5-12-21(22)28-24(29)15-8-16-27-25(30)19-10-3-4-11-20(19)26/h2-7,9-14H,8,15-17H2,1H3,(H,27,30). The van der Waals surface area contributed by atoms with Gasteiger partial charge in [0.15, 0.2) is 0 Å². The number of benzene rings is 3. The number of carbonyl (C=O) groups excluding carboxylic acids is 1. The molecule has 0 aliphatic carbocycles. The van der Waals surface area contributed by atoms with Crippen molar-refractivity contribution in [1.82, 2.24) is 14.9 Å². The van der Waals surface area contributed by atoms with Gasteiger partial charge in [0.2, 0.25) is 0 Å². The van der Waals surface area contributed by atoms with Crippen LogP contribution in [0.25, 0.3) is 11.0 Å². The van der Waals surface area contributed by atoms with E-state index in [1.54, 1.807) is 25.3 Å². The number of halogens is 1. The molecule has 0 radical (unpaired) electrons. The summed E-state index contributed by atoms with van der Waals surface area (Å²) < 4.78 is 7.76. The van der Waals surface area contributed by atoms with Crippen molar-refractivity contribution in [3.63, 3.8) is 0 Å². The van der Waals surface area contributed by atoms with Gasteiger partial charge in [-0.05, 0) is 36.8 Å². The minimum absolute atomic E-state index is 0.159. The minimum atomic E-state index is -0.159. The lowest BCUT2D eigenvalue weighted by Gasteiger charge is -2.13. The van der Waals surface area contributed by atoms with E-state index in [1.807, 2.05) is 42.5 Å². The summed E-state index contributed by atoms with van der Waals surface area (Å²) in [5, 5.41) is 3.41. The summed E-state index contributed by atoms with van der Waals surface area (Å²) in [5.74, 6) is 1.69. The number of fused-ring (bicyclic) bond motifs is 1. The van der Waals surface area contributed by atoms with Gasteiger partial charge in [0.05, 0.1) is 35.3 Å². The van der Waals surface area contributed by atoms with Crippen molar-refractivity contribution in [3.05, 3.63) is 94.8 Å². The molecule has 1 N–H and O–H groups in total. The van der Waals surface area contributed by atoms with Crippen molar-refractivity contribution in [1.29, 1.82) is 0 Å². The van der Waals surface area contributed by atoms with Gasteiger partial charge in [-0.3, -0.25) is 4.79 Å². The van der Waals surface area contributed by atoms with Gasteiger partial charge in [-0.25, -0.2) is 4.98 Å². The number of hydrogen-bond acceptors (Lipinski definition) is 3. The third kappa shape index (κ3) is 4.72. The quantitative estimate of drug-likeness (QED) is 0.393. The zero-order chi connectivity index (χ0) is 21.6. The Hall–Kier alpha value is -3.31. The van der Waals surface area contributed by atoms with Crippen LogP contribution in [-0.2, 0) is 13.0 Å². The van der Waals surface area contributed by atoms with Gasteiger partial charge < -0.3 is 14.6 Å². The number of rotatable bonds is 8. The lowest BCUT2D eigenvalue weighted by molar-refractivity contribution is 0.0953. The molecule has 0 aliphatic heterocycles. The Labute approximate surface area is 186 Å².